The molecule has 0 bridgehead atoms. The van der Waals surface area contributed by atoms with E-state index in [-0.39, 0.29) is 11.8 Å². The summed E-state index contributed by atoms with van der Waals surface area (Å²) in [7, 11) is 3.82. The molecule has 2 aromatic carbocycles. The number of carbonyl (C=O) groups excluding carboxylic acids is 1. The van der Waals surface area contributed by atoms with E-state index in [4.69, 9.17) is 9.97 Å². The van der Waals surface area contributed by atoms with Crippen molar-refractivity contribution in [3.05, 3.63) is 88.2 Å². The van der Waals surface area contributed by atoms with Gasteiger partial charge in [0.1, 0.15) is 10.5 Å². The molecule has 0 radical (unpaired) electrons. The topological polar surface area (TPSA) is 115 Å². The van der Waals surface area contributed by atoms with Crippen molar-refractivity contribution in [3.63, 3.8) is 0 Å². The van der Waals surface area contributed by atoms with Crippen LogP contribution in [0.4, 0.5) is 11.5 Å². The molecule has 0 saturated carbocycles. The van der Waals surface area contributed by atoms with Gasteiger partial charge in [0.05, 0.1) is 31.2 Å². The number of hydrogen-bond acceptors (Lipinski definition) is 9. The summed E-state index contributed by atoms with van der Waals surface area (Å²) >= 11 is 1.68. The molecule has 1 saturated heterocycles. The monoisotopic (exact) mass is 661 g/mol. The van der Waals surface area contributed by atoms with Crippen LogP contribution in [0.2, 0.25) is 0 Å². The van der Waals surface area contributed by atoms with E-state index in [2.05, 4.69) is 71.5 Å². The predicted molar refractivity (Wildman–Crippen MR) is 189 cm³/mol. The number of carboxylic acid groups (broad SMARTS) is 1. The Morgan fingerprint density at radius 1 is 1.02 bits per heavy atom. The van der Waals surface area contributed by atoms with E-state index in [9.17, 15) is 14.7 Å². The van der Waals surface area contributed by atoms with E-state index in [1.54, 1.807) is 17.5 Å². The molecule has 1 atom stereocenters. The molecule has 246 valence electrons. The number of hydrogen-bond donors (Lipinski definition) is 2. The maximum Gasteiger partial charge on any atom is 0.307 e. The number of aliphatic carboxylic acids is 1. The smallest absolute Gasteiger partial charge is 0.307 e. The Bertz CT molecular complexity index is 2020. The number of carboxylic acids is 1. The summed E-state index contributed by atoms with van der Waals surface area (Å²) in [5.74, 6) is -0.201. The highest BCUT2D eigenvalue weighted by molar-refractivity contribution is 7.15. The molecule has 2 aliphatic rings. The van der Waals surface area contributed by atoms with Crippen molar-refractivity contribution in [1.29, 1.82) is 0 Å². The number of likely N-dealkylation sites (tertiary alicyclic amines) is 1. The highest BCUT2D eigenvalue weighted by Gasteiger charge is 2.29. The Balaban J connectivity index is 1.11. The van der Waals surface area contributed by atoms with Gasteiger partial charge in [-0.15, -0.1) is 11.3 Å². The normalized spacial score (nSPS) is 16.2. The number of aromatic nitrogens is 3. The lowest BCUT2D eigenvalue weighted by molar-refractivity contribution is -0.141. The van der Waals surface area contributed by atoms with Gasteiger partial charge in [-0.1, -0.05) is 30.3 Å². The van der Waals surface area contributed by atoms with Crippen molar-refractivity contribution in [3.8, 4) is 21.7 Å². The third-order valence-electron chi connectivity index (χ3n) is 9.38. The van der Waals surface area contributed by atoms with Gasteiger partial charge in [0.25, 0.3) is 0 Å². The van der Waals surface area contributed by atoms with E-state index in [1.165, 1.54) is 0 Å². The van der Waals surface area contributed by atoms with Crippen LogP contribution in [0.5, 0.6) is 0 Å². The number of nitrogens with zero attached hydrogens (tertiary/aromatic N) is 6. The fourth-order valence-electron chi connectivity index (χ4n) is 6.77. The number of amides is 1. The van der Waals surface area contributed by atoms with Crippen molar-refractivity contribution in [1.82, 2.24) is 29.7 Å². The summed E-state index contributed by atoms with van der Waals surface area (Å²) < 4.78 is 0. The quantitative estimate of drug-likeness (QED) is 0.194. The summed E-state index contributed by atoms with van der Waals surface area (Å²) in [6.45, 7) is 7.89. The van der Waals surface area contributed by atoms with Crippen molar-refractivity contribution in [2.75, 3.05) is 39.0 Å². The van der Waals surface area contributed by atoms with Crippen LogP contribution in [0.3, 0.4) is 0 Å². The molecule has 10 nitrogen and oxygen atoms in total. The van der Waals surface area contributed by atoms with Gasteiger partial charge in [0.2, 0.25) is 5.91 Å². The Morgan fingerprint density at radius 3 is 2.54 bits per heavy atom. The van der Waals surface area contributed by atoms with E-state index < -0.39 is 5.97 Å². The molecular formula is C37H39N7O3S. The molecule has 3 aromatic heterocycles. The summed E-state index contributed by atoms with van der Waals surface area (Å²) in [5, 5.41) is 14.9. The van der Waals surface area contributed by atoms with E-state index in [0.29, 0.717) is 45.0 Å². The SMILES string of the molecule is Cc1c(Nc2nccc3cc(CN4CC[C@@H](C(=O)O)C4)cnc23)cccc1-c1cccc(-c2nc3c(s2)CN(C(=O)CN(C)C)C3)c1C. The van der Waals surface area contributed by atoms with Gasteiger partial charge in [-0.2, -0.15) is 0 Å². The zero-order valence-electron chi connectivity index (χ0n) is 27.7. The van der Waals surface area contributed by atoms with Gasteiger partial charge in [0, 0.05) is 47.0 Å². The van der Waals surface area contributed by atoms with Crippen molar-refractivity contribution in [2.45, 2.75) is 39.9 Å². The van der Waals surface area contributed by atoms with Crippen LogP contribution in [-0.4, -0.2) is 80.4 Å². The second-order valence-corrected chi connectivity index (χ2v) is 14.2. The second kappa shape index (κ2) is 13.1. The lowest BCUT2D eigenvalue weighted by atomic mass is 9.93. The molecule has 2 aliphatic heterocycles. The van der Waals surface area contributed by atoms with Crippen LogP contribution in [0.15, 0.2) is 60.9 Å². The highest BCUT2D eigenvalue weighted by atomic mass is 32.1. The summed E-state index contributed by atoms with van der Waals surface area (Å²) in [4.78, 5) is 45.6. The number of nitrogens with one attached hydrogen (secondary N) is 1. The first-order valence-corrected chi connectivity index (χ1v) is 17.0. The number of carbonyl (C=O) groups is 2. The lowest BCUT2D eigenvalue weighted by Gasteiger charge is -2.18. The van der Waals surface area contributed by atoms with Crippen LogP contribution < -0.4 is 5.32 Å². The molecule has 1 amide bonds. The molecule has 11 heteroatoms. The minimum absolute atomic E-state index is 0.128. The fourth-order valence-corrected chi connectivity index (χ4v) is 7.94. The van der Waals surface area contributed by atoms with Gasteiger partial charge in [-0.25, -0.2) is 9.97 Å². The number of thiazole rings is 1. The maximum atomic E-state index is 12.6. The van der Waals surface area contributed by atoms with Gasteiger partial charge in [-0.3, -0.25) is 19.5 Å². The Kier molecular flexibility index (Phi) is 8.67. The average molecular weight is 662 g/mol. The second-order valence-electron chi connectivity index (χ2n) is 13.1. The number of fused-ring (bicyclic) bond motifs is 2. The van der Waals surface area contributed by atoms with E-state index in [1.807, 2.05) is 36.2 Å². The van der Waals surface area contributed by atoms with Crippen LogP contribution in [-0.2, 0) is 29.2 Å². The first-order chi connectivity index (χ1) is 23.1. The zero-order valence-corrected chi connectivity index (χ0v) is 28.5. The Hall–Kier alpha value is -4.71. The average Bonchev–Trinajstić information content (AvgIpc) is 3.78. The van der Waals surface area contributed by atoms with Gasteiger partial charge >= 0.3 is 5.97 Å². The molecule has 5 heterocycles. The summed E-state index contributed by atoms with van der Waals surface area (Å²) in [6.07, 6.45) is 4.35. The van der Waals surface area contributed by atoms with Gasteiger partial charge in [0.15, 0.2) is 5.82 Å². The van der Waals surface area contributed by atoms with Gasteiger partial charge < -0.3 is 20.2 Å². The fraction of sp³-hybridized carbons (Fsp3) is 0.324. The number of likely N-dealkylation sites (N-methyl/N-ethyl adjacent to an activating group) is 1. The van der Waals surface area contributed by atoms with Crippen molar-refractivity contribution in [2.24, 2.45) is 5.92 Å². The highest BCUT2D eigenvalue weighted by Crippen LogP contribution is 2.40. The first kappa shape index (κ1) is 31.9. The summed E-state index contributed by atoms with van der Waals surface area (Å²) in [5.41, 5.74) is 9.45. The van der Waals surface area contributed by atoms with Crippen LogP contribution >= 0.6 is 11.3 Å². The summed E-state index contributed by atoms with van der Waals surface area (Å²) in [6, 6.07) is 16.7. The largest absolute Gasteiger partial charge is 0.481 e. The standard InChI is InChI=1S/C37H39N7O3S/c1-22-27(7-5-9-29(22)36-41-31-19-44(20-32(31)48-36)33(45)21-42(3)4)28-8-6-10-30(23(28)2)40-35-34-25(11-13-38-35)15-24(16-39-34)17-43-14-12-26(18-43)37(46)47/h5-11,13,15-16,26H,12,14,17-21H2,1-4H3,(H,38,40)(H,46,47)/t26-/m1/s1. The lowest BCUT2D eigenvalue weighted by Crippen LogP contribution is -2.34. The number of benzene rings is 2. The number of pyridine rings is 2. The van der Waals surface area contributed by atoms with E-state index in [0.717, 1.165) is 72.1 Å². The van der Waals surface area contributed by atoms with Crippen LogP contribution in [0, 0.1) is 19.8 Å². The molecule has 7 rings (SSSR count). The molecule has 5 aromatic rings. The predicted octanol–water partition coefficient (Wildman–Crippen LogP) is 6.09. The third kappa shape index (κ3) is 6.28. The number of anilines is 2. The molecule has 1 fully saturated rings. The molecule has 0 unspecified atom stereocenters. The molecule has 48 heavy (non-hydrogen) atoms. The van der Waals surface area contributed by atoms with Gasteiger partial charge in [-0.05, 0) is 86.9 Å². The van der Waals surface area contributed by atoms with Crippen LogP contribution in [0.1, 0.15) is 33.7 Å². The van der Waals surface area contributed by atoms with Crippen LogP contribution in [0.25, 0.3) is 32.6 Å². The zero-order chi connectivity index (χ0) is 33.5. The Morgan fingerprint density at radius 2 is 1.79 bits per heavy atom. The molecule has 2 N–H and O–H groups in total. The van der Waals surface area contributed by atoms with Crippen molar-refractivity contribution >= 4 is 45.6 Å². The van der Waals surface area contributed by atoms with Crippen molar-refractivity contribution < 1.29 is 14.7 Å². The molecule has 0 spiro atoms. The maximum absolute atomic E-state index is 12.6. The minimum Gasteiger partial charge on any atom is -0.481 e. The molecular weight excluding hydrogens is 623 g/mol. The third-order valence-corrected chi connectivity index (χ3v) is 10.5. The first-order valence-electron chi connectivity index (χ1n) is 16.2. The number of rotatable bonds is 9. The van der Waals surface area contributed by atoms with E-state index >= 15 is 0 Å². The molecule has 0 aliphatic carbocycles. The Labute approximate surface area is 284 Å². The minimum atomic E-state index is -0.719.